The number of aldehydes is 1. The fraction of sp³-hybridized carbons (Fsp3) is 0. The maximum Gasteiger partial charge on any atom is 0.151 e. The zero-order valence-electron chi connectivity index (χ0n) is 6.04. The van der Waals surface area contributed by atoms with E-state index >= 15 is 0 Å². The van der Waals surface area contributed by atoms with E-state index in [1.165, 1.54) is 0 Å². The summed E-state index contributed by atoms with van der Waals surface area (Å²) in [6, 6.07) is 3.44. The predicted molar refractivity (Wildman–Crippen MR) is 46.5 cm³/mol. The molecule has 0 saturated carbocycles. The Bertz CT molecular complexity index is 436. The Kier molecular flexibility index (Phi) is 1.59. The van der Waals surface area contributed by atoms with Gasteiger partial charge in [-0.1, -0.05) is 11.6 Å². The third-order valence-corrected chi connectivity index (χ3v) is 2.08. The summed E-state index contributed by atoms with van der Waals surface area (Å²) < 4.78 is 0. The van der Waals surface area contributed by atoms with E-state index in [1.54, 1.807) is 18.5 Å². The average molecular weight is 181 g/mol. The van der Waals surface area contributed by atoms with Crippen LogP contribution in [0.1, 0.15) is 10.4 Å². The minimum Gasteiger partial charge on any atom is -0.345 e. The van der Waals surface area contributed by atoms with Crippen LogP contribution >= 0.6 is 11.6 Å². The van der Waals surface area contributed by atoms with Gasteiger partial charge >= 0.3 is 0 Å². The number of rotatable bonds is 1. The lowest BCUT2D eigenvalue weighted by Gasteiger charge is -1.94. The Balaban J connectivity index is 2.86. The number of halogens is 1. The second-order valence-corrected chi connectivity index (χ2v) is 2.76. The van der Waals surface area contributed by atoms with E-state index in [2.05, 4.69) is 9.97 Å². The standard InChI is InChI=1S/C8H5ClN2O/c9-7-5(3-12)1-2-6-8(7)11-4-10-6/h1-4H,(H,10,11). The molecule has 60 valence electrons. The van der Waals surface area contributed by atoms with Crippen LogP contribution in [-0.2, 0) is 0 Å². The van der Waals surface area contributed by atoms with Crippen molar-refractivity contribution in [3.8, 4) is 0 Å². The number of hydrogen-bond acceptors (Lipinski definition) is 2. The molecular weight excluding hydrogens is 176 g/mol. The third-order valence-electron chi connectivity index (χ3n) is 1.69. The molecule has 0 fully saturated rings. The summed E-state index contributed by atoms with van der Waals surface area (Å²) in [7, 11) is 0. The molecule has 3 nitrogen and oxygen atoms in total. The number of fused-ring (bicyclic) bond motifs is 1. The molecule has 1 heterocycles. The summed E-state index contributed by atoms with van der Waals surface area (Å²) in [5.74, 6) is 0. The van der Waals surface area contributed by atoms with Crippen molar-refractivity contribution < 1.29 is 4.79 Å². The van der Waals surface area contributed by atoms with Gasteiger partial charge in [-0.25, -0.2) is 4.98 Å². The molecular formula is C8H5ClN2O. The van der Waals surface area contributed by atoms with Crippen LogP contribution in [-0.4, -0.2) is 16.3 Å². The number of nitrogens with one attached hydrogen (secondary N) is 1. The molecule has 0 radical (unpaired) electrons. The van der Waals surface area contributed by atoms with E-state index in [0.717, 1.165) is 11.8 Å². The first kappa shape index (κ1) is 7.31. The molecule has 0 aliphatic heterocycles. The number of carbonyl (C=O) groups excluding carboxylic acids is 1. The molecule has 12 heavy (non-hydrogen) atoms. The van der Waals surface area contributed by atoms with E-state index in [1.807, 2.05) is 0 Å². The maximum absolute atomic E-state index is 10.5. The highest BCUT2D eigenvalue weighted by molar-refractivity contribution is 6.37. The van der Waals surface area contributed by atoms with Crippen molar-refractivity contribution in [2.45, 2.75) is 0 Å². The van der Waals surface area contributed by atoms with E-state index in [9.17, 15) is 4.79 Å². The van der Waals surface area contributed by atoms with Crippen LogP contribution in [0.4, 0.5) is 0 Å². The van der Waals surface area contributed by atoms with Crippen molar-refractivity contribution >= 4 is 28.9 Å². The van der Waals surface area contributed by atoms with Gasteiger partial charge in [0.1, 0.15) is 5.52 Å². The zero-order valence-corrected chi connectivity index (χ0v) is 6.80. The van der Waals surface area contributed by atoms with Gasteiger partial charge in [0.25, 0.3) is 0 Å². The summed E-state index contributed by atoms with van der Waals surface area (Å²) in [6.45, 7) is 0. The monoisotopic (exact) mass is 180 g/mol. The Morgan fingerprint density at radius 3 is 3.08 bits per heavy atom. The van der Waals surface area contributed by atoms with E-state index < -0.39 is 0 Å². The number of benzene rings is 1. The van der Waals surface area contributed by atoms with Gasteiger partial charge in [0.2, 0.25) is 0 Å². The minimum atomic E-state index is 0.406. The molecule has 0 saturated heterocycles. The van der Waals surface area contributed by atoms with Crippen molar-refractivity contribution in [1.82, 2.24) is 9.97 Å². The van der Waals surface area contributed by atoms with Crippen molar-refractivity contribution in [3.05, 3.63) is 29.0 Å². The molecule has 0 unspecified atom stereocenters. The molecule has 1 aromatic carbocycles. The molecule has 2 aromatic rings. The van der Waals surface area contributed by atoms with Crippen LogP contribution in [0.2, 0.25) is 5.02 Å². The van der Waals surface area contributed by atoms with Crippen LogP contribution in [0.3, 0.4) is 0 Å². The lowest BCUT2D eigenvalue weighted by molar-refractivity contribution is 0.112. The highest BCUT2D eigenvalue weighted by Gasteiger charge is 2.05. The number of nitrogens with zero attached hydrogens (tertiary/aromatic N) is 1. The summed E-state index contributed by atoms with van der Waals surface area (Å²) in [6.07, 6.45) is 2.27. The summed E-state index contributed by atoms with van der Waals surface area (Å²) in [4.78, 5) is 17.4. The molecule has 1 aromatic heterocycles. The Hall–Kier alpha value is -1.35. The summed E-state index contributed by atoms with van der Waals surface area (Å²) in [5.41, 5.74) is 1.95. The second-order valence-electron chi connectivity index (χ2n) is 2.39. The van der Waals surface area contributed by atoms with Crippen LogP contribution in [0.5, 0.6) is 0 Å². The van der Waals surface area contributed by atoms with Gasteiger partial charge < -0.3 is 4.98 Å². The van der Waals surface area contributed by atoms with E-state index in [0.29, 0.717) is 16.1 Å². The maximum atomic E-state index is 10.5. The molecule has 4 heteroatoms. The fourth-order valence-corrected chi connectivity index (χ4v) is 1.34. The first-order valence-corrected chi connectivity index (χ1v) is 3.77. The van der Waals surface area contributed by atoms with Gasteiger partial charge in [0, 0.05) is 5.56 Å². The van der Waals surface area contributed by atoms with Crippen molar-refractivity contribution in [3.63, 3.8) is 0 Å². The Morgan fingerprint density at radius 1 is 1.50 bits per heavy atom. The molecule has 0 aliphatic rings. The van der Waals surface area contributed by atoms with E-state index in [-0.39, 0.29) is 0 Å². The second kappa shape index (κ2) is 2.60. The van der Waals surface area contributed by atoms with Crippen LogP contribution in [0.25, 0.3) is 11.0 Å². The molecule has 0 amide bonds. The first-order valence-electron chi connectivity index (χ1n) is 3.39. The van der Waals surface area contributed by atoms with E-state index in [4.69, 9.17) is 11.6 Å². The molecule has 0 atom stereocenters. The molecule has 2 rings (SSSR count). The van der Waals surface area contributed by atoms with Crippen molar-refractivity contribution in [2.75, 3.05) is 0 Å². The van der Waals surface area contributed by atoms with Gasteiger partial charge in [-0.05, 0) is 12.1 Å². The first-order chi connectivity index (χ1) is 5.83. The van der Waals surface area contributed by atoms with Gasteiger partial charge in [0.15, 0.2) is 6.29 Å². The quantitative estimate of drug-likeness (QED) is 0.683. The average Bonchev–Trinajstić information content (AvgIpc) is 2.53. The SMILES string of the molecule is O=Cc1ccc2[nH]cnc2c1Cl. The van der Waals surface area contributed by atoms with Crippen LogP contribution < -0.4 is 0 Å². The van der Waals surface area contributed by atoms with Gasteiger partial charge in [-0.2, -0.15) is 0 Å². The molecule has 1 N–H and O–H groups in total. The number of aromatic amines is 1. The van der Waals surface area contributed by atoms with Gasteiger partial charge in [-0.15, -0.1) is 0 Å². The molecule has 0 aliphatic carbocycles. The number of H-pyrrole nitrogens is 1. The molecule has 0 bridgehead atoms. The van der Waals surface area contributed by atoms with Crippen LogP contribution in [0.15, 0.2) is 18.5 Å². The number of aromatic nitrogens is 2. The Morgan fingerprint density at radius 2 is 2.33 bits per heavy atom. The predicted octanol–water partition coefficient (Wildman–Crippen LogP) is 2.03. The highest BCUT2D eigenvalue weighted by Crippen LogP contribution is 2.23. The highest BCUT2D eigenvalue weighted by atomic mass is 35.5. The number of carbonyl (C=O) groups is 1. The minimum absolute atomic E-state index is 0.406. The summed E-state index contributed by atoms with van der Waals surface area (Å²) >= 11 is 5.87. The van der Waals surface area contributed by atoms with Crippen molar-refractivity contribution in [1.29, 1.82) is 0 Å². The third kappa shape index (κ3) is 0.905. The topological polar surface area (TPSA) is 45.8 Å². The largest absolute Gasteiger partial charge is 0.345 e. The number of imidazole rings is 1. The lowest BCUT2D eigenvalue weighted by atomic mass is 10.2. The van der Waals surface area contributed by atoms with Crippen LogP contribution in [0, 0.1) is 0 Å². The zero-order chi connectivity index (χ0) is 8.55. The summed E-state index contributed by atoms with van der Waals surface area (Å²) in [5, 5.41) is 0.406. The smallest absolute Gasteiger partial charge is 0.151 e. The number of hydrogen-bond donors (Lipinski definition) is 1. The fourth-order valence-electron chi connectivity index (χ4n) is 1.08. The normalized spacial score (nSPS) is 10.4. The van der Waals surface area contributed by atoms with Gasteiger partial charge in [-0.3, -0.25) is 4.79 Å². The lowest BCUT2D eigenvalue weighted by Crippen LogP contribution is -1.82. The Labute approximate surface area is 73.4 Å². The molecule has 0 spiro atoms. The van der Waals surface area contributed by atoms with Gasteiger partial charge in [0.05, 0.1) is 16.9 Å². The van der Waals surface area contributed by atoms with Crippen molar-refractivity contribution in [2.24, 2.45) is 0 Å².